The van der Waals surface area contributed by atoms with Crippen LogP contribution in [0.5, 0.6) is 0 Å². The van der Waals surface area contributed by atoms with Gasteiger partial charge in [-0.15, -0.1) is 0 Å². The molecule has 27 heavy (non-hydrogen) atoms. The second-order valence-corrected chi connectivity index (χ2v) is 9.64. The van der Waals surface area contributed by atoms with Gasteiger partial charge in [-0.25, -0.2) is 22.7 Å². The van der Waals surface area contributed by atoms with E-state index in [1.807, 2.05) is 0 Å². The molecule has 1 aliphatic heterocycles. The average Bonchev–Trinajstić information content (AvgIpc) is 2.96. The topological polar surface area (TPSA) is 116 Å². The molecule has 9 nitrogen and oxygen atoms in total. The first kappa shape index (κ1) is 21.9. The maximum absolute atomic E-state index is 12.7. The van der Waals surface area contributed by atoms with Crippen LogP contribution in [0.2, 0.25) is 0 Å². The molecule has 12 heteroatoms. The highest BCUT2D eigenvalue weighted by atomic mass is 79.9. The van der Waals surface area contributed by atoms with Crippen molar-refractivity contribution >= 4 is 54.1 Å². The van der Waals surface area contributed by atoms with Crippen molar-refractivity contribution in [2.75, 3.05) is 27.2 Å². The summed E-state index contributed by atoms with van der Waals surface area (Å²) in [6, 6.07) is 3.47. The minimum Gasteiger partial charge on any atom is -0.465 e. The van der Waals surface area contributed by atoms with E-state index in [4.69, 9.17) is 4.74 Å². The Morgan fingerprint density at radius 2 is 2.04 bits per heavy atom. The van der Waals surface area contributed by atoms with Crippen molar-refractivity contribution in [2.24, 2.45) is 0 Å². The average molecular weight is 529 g/mol. The molecule has 2 N–H and O–H groups in total. The summed E-state index contributed by atoms with van der Waals surface area (Å²) in [5, 5.41) is 9.36. The SMILES string of the molecule is CN(C)C(=O)OC[C@H]1C[C@@H](NS(=O)(=O)c2cc(Br)ccc2Br)CN1C(=O)O. The normalized spacial score (nSPS) is 19.8. The molecule has 0 aliphatic carbocycles. The van der Waals surface area contributed by atoms with E-state index < -0.39 is 34.3 Å². The molecule has 0 aromatic heterocycles. The van der Waals surface area contributed by atoms with Crippen molar-refractivity contribution in [3.63, 3.8) is 0 Å². The van der Waals surface area contributed by atoms with Crippen LogP contribution in [-0.2, 0) is 14.8 Å². The van der Waals surface area contributed by atoms with Gasteiger partial charge in [0.05, 0.1) is 10.9 Å². The first-order valence-electron chi connectivity index (χ1n) is 7.82. The first-order valence-corrected chi connectivity index (χ1v) is 10.9. The van der Waals surface area contributed by atoms with Crippen LogP contribution in [0, 0.1) is 0 Å². The molecule has 2 atom stereocenters. The molecule has 150 valence electrons. The predicted octanol–water partition coefficient (Wildman–Crippen LogP) is 2.31. The van der Waals surface area contributed by atoms with Gasteiger partial charge in [-0.2, -0.15) is 0 Å². The molecule has 1 saturated heterocycles. The molecule has 1 fully saturated rings. The summed E-state index contributed by atoms with van der Waals surface area (Å²) in [6.45, 7) is -0.188. The second-order valence-electron chi connectivity index (χ2n) is 6.19. The Bertz CT molecular complexity index is 833. The number of benzene rings is 1. The van der Waals surface area contributed by atoms with Crippen LogP contribution in [0.4, 0.5) is 9.59 Å². The smallest absolute Gasteiger partial charge is 0.409 e. The van der Waals surface area contributed by atoms with Crippen molar-refractivity contribution in [3.8, 4) is 0 Å². The molecular formula is C15H19Br2N3O6S. The fourth-order valence-electron chi connectivity index (χ4n) is 2.66. The van der Waals surface area contributed by atoms with Crippen molar-refractivity contribution in [1.29, 1.82) is 0 Å². The van der Waals surface area contributed by atoms with Gasteiger partial charge in [0.1, 0.15) is 6.61 Å². The summed E-state index contributed by atoms with van der Waals surface area (Å²) < 4.78 is 33.9. The number of carboxylic acid groups (broad SMARTS) is 1. The minimum atomic E-state index is -3.88. The molecule has 1 aromatic rings. The zero-order valence-electron chi connectivity index (χ0n) is 14.6. The van der Waals surface area contributed by atoms with Gasteiger partial charge >= 0.3 is 12.2 Å². The van der Waals surface area contributed by atoms with Gasteiger partial charge in [-0.1, -0.05) is 15.9 Å². The van der Waals surface area contributed by atoms with Crippen LogP contribution in [0.3, 0.4) is 0 Å². The zero-order valence-corrected chi connectivity index (χ0v) is 18.5. The lowest BCUT2D eigenvalue weighted by Gasteiger charge is -2.21. The van der Waals surface area contributed by atoms with Gasteiger partial charge in [-0.3, -0.25) is 0 Å². The number of nitrogens with one attached hydrogen (secondary N) is 1. The van der Waals surface area contributed by atoms with E-state index in [0.29, 0.717) is 8.95 Å². The van der Waals surface area contributed by atoms with Crippen LogP contribution in [-0.4, -0.2) is 74.8 Å². The van der Waals surface area contributed by atoms with Crippen molar-refractivity contribution in [2.45, 2.75) is 23.4 Å². The monoisotopic (exact) mass is 527 g/mol. The van der Waals surface area contributed by atoms with Gasteiger partial charge < -0.3 is 19.6 Å². The van der Waals surface area contributed by atoms with E-state index in [1.54, 1.807) is 12.1 Å². The highest BCUT2D eigenvalue weighted by Crippen LogP contribution is 2.27. The van der Waals surface area contributed by atoms with E-state index in [9.17, 15) is 23.1 Å². The van der Waals surface area contributed by atoms with Crippen molar-refractivity contribution in [3.05, 3.63) is 27.1 Å². The maximum atomic E-state index is 12.7. The van der Waals surface area contributed by atoms with Crippen LogP contribution in [0.15, 0.2) is 32.0 Å². The molecule has 0 spiro atoms. The van der Waals surface area contributed by atoms with Gasteiger partial charge in [0.25, 0.3) is 0 Å². The number of nitrogens with zero attached hydrogens (tertiary/aromatic N) is 2. The summed E-state index contributed by atoms with van der Waals surface area (Å²) in [4.78, 5) is 25.4. The lowest BCUT2D eigenvalue weighted by molar-refractivity contribution is 0.0819. The molecule has 0 saturated carbocycles. The molecule has 0 unspecified atom stereocenters. The van der Waals surface area contributed by atoms with Gasteiger partial charge in [0, 0.05) is 35.6 Å². The fourth-order valence-corrected chi connectivity index (χ4v) is 5.40. The lowest BCUT2D eigenvalue weighted by Crippen LogP contribution is -2.40. The van der Waals surface area contributed by atoms with Gasteiger partial charge in [0.15, 0.2) is 0 Å². The number of carbonyl (C=O) groups is 2. The first-order chi connectivity index (χ1) is 12.5. The number of hydrogen-bond acceptors (Lipinski definition) is 5. The van der Waals surface area contributed by atoms with Crippen LogP contribution >= 0.6 is 31.9 Å². The summed E-state index contributed by atoms with van der Waals surface area (Å²) in [5.41, 5.74) is 0. The number of likely N-dealkylation sites (tertiary alicyclic amines) is 1. The van der Waals surface area contributed by atoms with E-state index in [2.05, 4.69) is 36.6 Å². The zero-order chi connectivity index (χ0) is 20.4. The molecule has 0 radical (unpaired) electrons. The lowest BCUT2D eigenvalue weighted by atomic mass is 10.2. The molecule has 2 amide bonds. The number of halogens is 2. The van der Waals surface area contributed by atoms with Gasteiger partial charge in [-0.05, 0) is 40.5 Å². The van der Waals surface area contributed by atoms with E-state index in [-0.39, 0.29) is 24.5 Å². The number of hydrogen-bond donors (Lipinski definition) is 2. The number of amides is 2. The number of rotatable bonds is 5. The molecule has 1 heterocycles. The summed E-state index contributed by atoms with van der Waals surface area (Å²) in [6.07, 6.45) is -1.61. The molecule has 1 aromatic carbocycles. The molecule has 0 bridgehead atoms. The third kappa shape index (κ3) is 5.56. The largest absolute Gasteiger partial charge is 0.465 e. The Morgan fingerprint density at radius 3 is 2.63 bits per heavy atom. The highest BCUT2D eigenvalue weighted by molar-refractivity contribution is 9.11. The van der Waals surface area contributed by atoms with E-state index >= 15 is 0 Å². The Labute approximate surface area is 174 Å². The summed E-state index contributed by atoms with van der Waals surface area (Å²) in [5.74, 6) is 0. The van der Waals surface area contributed by atoms with Gasteiger partial charge in [0.2, 0.25) is 10.0 Å². The Balaban J connectivity index is 2.11. The number of carbonyl (C=O) groups excluding carboxylic acids is 1. The Morgan fingerprint density at radius 1 is 1.37 bits per heavy atom. The summed E-state index contributed by atoms with van der Waals surface area (Å²) in [7, 11) is -0.851. The Hall–Kier alpha value is -1.37. The predicted molar refractivity (Wildman–Crippen MR) is 104 cm³/mol. The van der Waals surface area contributed by atoms with E-state index in [0.717, 1.165) is 4.90 Å². The number of sulfonamides is 1. The molecule has 2 rings (SSSR count). The van der Waals surface area contributed by atoms with Crippen molar-refractivity contribution in [1.82, 2.24) is 14.5 Å². The quantitative estimate of drug-likeness (QED) is 0.605. The fraction of sp³-hybridized carbons (Fsp3) is 0.467. The summed E-state index contributed by atoms with van der Waals surface area (Å²) >= 11 is 6.44. The Kier molecular flexibility index (Phi) is 7.11. The van der Waals surface area contributed by atoms with Crippen LogP contribution in [0.25, 0.3) is 0 Å². The van der Waals surface area contributed by atoms with Crippen LogP contribution < -0.4 is 4.72 Å². The molecule has 1 aliphatic rings. The maximum Gasteiger partial charge on any atom is 0.409 e. The minimum absolute atomic E-state index is 0.0373. The molecular weight excluding hydrogens is 510 g/mol. The number of ether oxygens (including phenoxy) is 1. The van der Waals surface area contributed by atoms with Crippen LogP contribution in [0.1, 0.15) is 6.42 Å². The third-order valence-corrected chi connectivity index (χ3v) is 6.94. The highest BCUT2D eigenvalue weighted by Gasteiger charge is 2.38. The van der Waals surface area contributed by atoms with E-state index in [1.165, 1.54) is 25.1 Å². The third-order valence-electron chi connectivity index (χ3n) is 3.93. The second kappa shape index (κ2) is 8.76. The van der Waals surface area contributed by atoms with Crippen molar-refractivity contribution < 1.29 is 27.9 Å². The standard InChI is InChI=1S/C15H19Br2N3O6S/c1-19(2)15(23)26-8-11-6-10(7-20(11)14(21)22)18-27(24,25)13-5-9(16)3-4-12(13)17/h3-5,10-11,18H,6-8H2,1-2H3,(H,21,22)/t10-,11-/m1/s1.